The zero-order chi connectivity index (χ0) is 10.4. The third kappa shape index (κ3) is 3.25. The molecule has 1 fully saturated rings. The Bertz CT molecular complexity index is 139. The molecule has 0 aliphatic heterocycles. The lowest BCUT2D eigenvalue weighted by atomic mass is 9.81. The Balaban J connectivity index is 2.38. The predicted octanol–water partition coefficient (Wildman–Crippen LogP) is 2.71. The number of hydrogen-bond acceptors (Lipinski definition) is 2. The first-order valence-electron chi connectivity index (χ1n) is 6.16. The van der Waals surface area contributed by atoms with Crippen molar-refractivity contribution in [3.63, 3.8) is 0 Å². The Morgan fingerprint density at radius 2 is 1.86 bits per heavy atom. The zero-order valence-corrected chi connectivity index (χ0v) is 9.67. The number of ether oxygens (including phenoxy) is 1. The van der Waals surface area contributed by atoms with Crippen molar-refractivity contribution in [1.82, 2.24) is 0 Å². The van der Waals surface area contributed by atoms with E-state index in [-0.39, 0.29) is 12.1 Å². The number of hydrogen-bond donors (Lipinski definition) is 1. The van der Waals surface area contributed by atoms with Gasteiger partial charge in [0.1, 0.15) is 0 Å². The van der Waals surface area contributed by atoms with Gasteiger partial charge in [0.05, 0.1) is 6.10 Å². The third-order valence-corrected chi connectivity index (χ3v) is 3.41. The van der Waals surface area contributed by atoms with Crippen LogP contribution in [0.2, 0.25) is 0 Å². The molecule has 0 aromatic carbocycles. The van der Waals surface area contributed by atoms with E-state index < -0.39 is 0 Å². The molecule has 1 aliphatic carbocycles. The number of nitrogens with two attached hydrogens (primary N) is 1. The van der Waals surface area contributed by atoms with Gasteiger partial charge in [-0.3, -0.25) is 0 Å². The first kappa shape index (κ1) is 12.0. The monoisotopic (exact) mass is 199 g/mol. The summed E-state index contributed by atoms with van der Waals surface area (Å²) >= 11 is 0. The van der Waals surface area contributed by atoms with Gasteiger partial charge in [0.25, 0.3) is 0 Å². The van der Waals surface area contributed by atoms with Crippen LogP contribution < -0.4 is 5.73 Å². The minimum atomic E-state index is 0.264. The Kier molecular flexibility index (Phi) is 5.49. The summed E-state index contributed by atoms with van der Waals surface area (Å²) in [5.41, 5.74) is 6.26. The van der Waals surface area contributed by atoms with Crippen LogP contribution in [-0.4, -0.2) is 18.8 Å². The molecule has 0 radical (unpaired) electrons. The predicted molar refractivity (Wildman–Crippen MR) is 60.3 cm³/mol. The van der Waals surface area contributed by atoms with Crippen molar-refractivity contribution in [1.29, 1.82) is 0 Å². The average Bonchev–Trinajstić information content (AvgIpc) is 2.26. The highest BCUT2D eigenvalue weighted by Gasteiger charge is 2.26. The summed E-state index contributed by atoms with van der Waals surface area (Å²) in [6.07, 6.45) is 8.07. The second-order valence-corrected chi connectivity index (χ2v) is 4.38. The van der Waals surface area contributed by atoms with Crippen LogP contribution in [0.4, 0.5) is 0 Å². The second kappa shape index (κ2) is 6.41. The summed E-state index contributed by atoms with van der Waals surface area (Å²) in [6, 6.07) is 0.264. The lowest BCUT2D eigenvalue weighted by Gasteiger charge is -2.32. The SMILES string of the molecule is CCOC(CC)C(N)C1CCCCC1. The van der Waals surface area contributed by atoms with E-state index in [2.05, 4.69) is 13.8 Å². The fourth-order valence-corrected chi connectivity index (χ4v) is 2.54. The summed E-state index contributed by atoms with van der Waals surface area (Å²) in [7, 11) is 0. The van der Waals surface area contributed by atoms with E-state index in [4.69, 9.17) is 10.5 Å². The topological polar surface area (TPSA) is 35.2 Å². The van der Waals surface area contributed by atoms with Crippen molar-refractivity contribution >= 4 is 0 Å². The number of rotatable bonds is 5. The van der Waals surface area contributed by atoms with Crippen LogP contribution in [0.5, 0.6) is 0 Å². The summed E-state index contributed by atoms with van der Waals surface area (Å²) in [6.45, 7) is 5.01. The van der Waals surface area contributed by atoms with Gasteiger partial charge in [-0.25, -0.2) is 0 Å². The Morgan fingerprint density at radius 3 is 2.36 bits per heavy atom. The minimum Gasteiger partial charge on any atom is -0.377 e. The van der Waals surface area contributed by atoms with Gasteiger partial charge in [0, 0.05) is 12.6 Å². The van der Waals surface area contributed by atoms with Crippen molar-refractivity contribution in [3.8, 4) is 0 Å². The van der Waals surface area contributed by atoms with Gasteiger partial charge in [0.2, 0.25) is 0 Å². The molecule has 0 saturated heterocycles. The highest BCUT2D eigenvalue weighted by molar-refractivity contribution is 4.82. The molecular weight excluding hydrogens is 174 g/mol. The molecule has 14 heavy (non-hydrogen) atoms. The quantitative estimate of drug-likeness (QED) is 0.739. The van der Waals surface area contributed by atoms with Crippen molar-refractivity contribution in [3.05, 3.63) is 0 Å². The van der Waals surface area contributed by atoms with Crippen LogP contribution in [0.1, 0.15) is 52.4 Å². The molecule has 2 unspecified atom stereocenters. The van der Waals surface area contributed by atoms with Crippen LogP contribution in [-0.2, 0) is 4.74 Å². The van der Waals surface area contributed by atoms with Crippen molar-refractivity contribution in [2.45, 2.75) is 64.5 Å². The lowest BCUT2D eigenvalue weighted by Crippen LogP contribution is -2.43. The summed E-state index contributed by atoms with van der Waals surface area (Å²) in [4.78, 5) is 0. The van der Waals surface area contributed by atoms with Crippen LogP contribution in [0.3, 0.4) is 0 Å². The van der Waals surface area contributed by atoms with E-state index in [0.29, 0.717) is 5.92 Å². The lowest BCUT2D eigenvalue weighted by molar-refractivity contribution is 0.0214. The normalized spacial score (nSPS) is 23.4. The van der Waals surface area contributed by atoms with E-state index in [1.54, 1.807) is 0 Å². The standard InChI is InChI=1S/C12H25NO/c1-3-11(14-4-2)12(13)10-8-6-5-7-9-10/h10-12H,3-9,13H2,1-2H3. The van der Waals surface area contributed by atoms with Gasteiger partial charge < -0.3 is 10.5 Å². The Labute approximate surface area is 88.2 Å². The van der Waals surface area contributed by atoms with E-state index in [9.17, 15) is 0 Å². The molecule has 0 spiro atoms. The fraction of sp³-hybridized carbons (Fsp3) is 1.00. The highest BCUT2D eigenvalue weighted by Crippen LogP contribution is 2.28. The average molecular weight is 199 g/mol. The van der Waals surface area contributed by atoms with Crippen molar-refractivity contribution < 1.29 is 4.74 Å². The molecule has 1 saturated carbocycles. The summed E-state index contributed by atoms with van der Waals surface area (Å²) in [5, 5.41) is 0. The molecule has 1 aliphatic rings. The first-order valence-corrected chi connectivity index (χ1v) is 6.16. The van der Waals surface area contributed by atoms with Crippen molar-refractivity contribution in [2.75, 3.05) is 6.61 Å². The maximum atomic E-state index is 6.26. The van der Waals surface area contributed by atoms with Gasteiger partial charge in [0.15, 0.2) is 0 Å². The maximum Gasteiger partial charge on any atom is 0.0725 e. The Hall–Kier alpha value is -0.0800. The molecule has 1 rings (SSSR count). The van der Waals surface area contributed by atoms with Crippen LogP contribution in [0.15, 0.2) is 0 Å². The largest absolute Gasteiger partial charge is 0.377 e. The first-order chi connectivity index (χ1) is 6.79. The van der Waals surface area contributed by atoms with Crippen LogP contribution in [0, 0.1) is 5.92 Å². The van der Waals surface area contributed by atoms with Gasteiger partial charge in [-0.1, -0.05) is 26.2 Å². The second-order valence-electron chi connectivity index (χ2n) is 4.38. The van der Waals surface area contributed by atoms with E-state index in [0.717, 1.165) is 13.0 Å². The zero-order valence-electron chi connectivity index (χ0n) is 9.67. The smallest absolute Gasteiger partial charge is 0.0725 e. The van der Waals surface area contributed by atoms with Crippen LogP contribution >= 0.6 is 0 Å². The van der Waals surface area contributed by atoms with Gasteiger partial charge in [-0.15, -0.1) is 0 Å². The van der Waals surface area contributed by atoms with Crippen LogP contribution in [0.25, 0.3) is 0 Å². The molecule has 0 heterocycles. The summed E-state index contributed by atoms with van der Waals surface area (Å²) in [5.74, 6) is 0.709. The molecule has 2 atom stereocenters. The highest BCUT2D eigenvalue weighted by atomic mass is 16.5. The fourth-order valence-electron chi connectivity index (χ4n) is 2.54. The molecule has 0 aromatic heterocycles. The Morgan fingerprint density at radius 1 is 1.21 bits per heavy atom. The van der Waals surface area contributed by atoms with E-state index in [1.807, 2.05) is 0 Å². The van der Waals surface area contributed by atoms with Gasteiger partial charge in [-0.2, -0.15) is 0 Å². The molecule has 0 amide bonds. The maximum absolute atomic E-state index is 6.26. The molecule has 2 N–H and O–H groups in total. The van der Waals surface area contributed by atoms with Crippen molar-refractivity contribution in [2.24, 2.45) is 11.7 Å². The van der Waals surface area contributed by atoms with Gasteiger partial charge >= 0.3 is 0 Å². The molecule has 0 aromatic rings. The summed E-state index contributed by atoms with van der Waals surface area (Å²) < 4.78 is 5.68. The molecule has 84 valence electrons. The van der Waals surface area contributed by atoms with E-state index >= 15 is 0 Å². The molecular formula is C12H25NO. The minimum absolute atomic E-state index is 0.264. The van der Waals surface area contributed by atoms with E-state index in [1.165, 1.54) is 32.1 Å². The molecule has 2 heteroatoms. The molecule has 0 bridgehead atoms. The molecule has 2 nitrogen and oxygen atoms in total. The third-order valence-electron chi connectivity index (χ3n) is 3.41. The van der Waals surface area contributed by atoms with Gasteiger partial charge in [-0.05, 0) is 32.1 Å².